The number of pyridine rings is 2. The molecule has 0 saturated carbocycles. The van der Waals surface area contributed by atoms with E-state index in [1.54, 1.807) is 35.5 Å². The Balaban J connectivity index is 1.64. The summed E-state index contributed by atoms with van der Waals surface area (Å²) in [6, 6.07) is 8.63. The van der Waals surface area contributed by atoms with E-state index < -0.39 is 0 Å². The number of nitrogens with one attached hydrogen (secondary N) is 1. The number of piperazine rings is 1. The second-order valence-electron chi connectivity index (χ2n) is 6.04. The molecule has 2 amide bonds. The van der Waals surface area contributed by atoms with E-state index in [9.17, 15) is 9.59 Å². The maximum atomic E-state index is 12.6. The molecule has 7 nitrogen and oxygen atoms in total. The molecule has 0 radical (unpaired) electrons. The van der Waals surface area contributed by atoms with Crippen molar-refractivity contribution in [2.24, 2.45) is 0 Å². The van der Waals surface area contributed by atoms with Crippen LogP contribution < -0.4 is 5.32 Å². The summed E-state index contributed by atoms with van der Waals surface area (Å²) in [5.74, 6) is -0.429. The Morgan fingerprint density at radius 3 is 2.44 bits per heavy atom. The minimum atomic E-state index is -0.301. The lowest BCUT2D eigenvalue weighted by atomic mass is 10.2. The van der Waals surface area contributed by atoms with Gasteiger partial charge in [-0.25, -0.2) is 4.98 Å². The summed E-state index contributed by atoms with van der Waals surface area (Å²) in [6.45, 7) is 3.43. The first-order valence-electron chi connectivity index (χ1n) is 8.25. The minimum Gasteiger partial charge on any atom is -0.347 e. The van der Waals surface area contributed by atoms with Crippen LogP contribution in [0.2, 0.25) is 0 Å². The topological polar surface area (TPSA) is 78.4 Å². The van der Waals surface area contributed by atoms with Crippen LogP contribution in [0.15, 0.2) is 42.7 Å². The Morgan fingerprint density at radius 2 is 1.72 bits per heavy atom. The van der Waals surface area contributed by atoms with Crippen LogP contribution in [0.5, 0.6) is 0 Å². The van der Waals surface area contributed by atoms with Gasteiger partial charge >= 0.3 is 0 Å². The molecule has 2 aromatic heterocycles. The van der Waals surface area contributed by atoms with Crippen molar-refractivity contribution in [2.45, 2.75) is 6.54 Å². The van der Waals surface area contributed by atoms with Crippen molar-refractivity contribution in [3.8, 4) is 0 Å². The fourth-order valence-electron chi connectivity index (χ4n) is 2.63. The maximum Gasteiger partial charge on any atom is 0.272 e. The normalized spacial score (nSPS) is 15.0. The van der Waals surface area contributed by atoms with Crippen molar-refractivity contribution in [2.75, 3.05) is 33.2 Å². The van der Waals surface area contributed by atoms with Crippen LogP contribution in [0.3, 0.4) is 0 Å². The number of carbonyl (C=O) groups is 2. The first kappa shape index (κ1) is 17.0. The van der Waals surface area contributed by atoms with Crippen LogP contribution in [-0.2, 0) is 6.54 Å². The number of hydrogen-bond acceptors (Lipinski definition) is 5. The number of carbonyl (C=O) groups excluding carboxylic acids is 2. The molecule has 0 bridgehead atoms. The molecule has 130 valence electrons. The average Bonchev–Trinajstić information content (AvgIpc) is 2.67. The molecule has 1 aliphatic rings. The van der Waals surface area contributed by atoms with Gasteiger partial charge in [0.2, 0.25) is 0 Å². The van der Waals surface area contributed by atoms with Crippen molar-refractivity contribution < 1.29 is 9.59 Å². The van der Waals surface area contributed by atoms with Crippen molar-refractivity contribution in [1.82, 2.24) is 25.1 Å². The summed E-state index contributed by atoms with van der Waals surface area (Å²) in [5.41, 5.74) is 1.50. The Hall–Kier alpha value is -2.80. The molecular weight excluding hydrogens is 318 g/mol. The Morgan fingerprint density at radius 1 is 1.04 bits per heavy atom. The number of nitrogens with zero attached hydrogens (tertiary/aromatic N) is 4. The number of likely N-dealkylation sites (N-methyl/N-ethyl adjacent to an activating group) is 1. The standard InChI is InChI=1S/C18H21N5O2/c1-22-9-11-23(12-10-22)18(25)16-4-2-3-15(21-16)17(24)20-13-14-5-7-19-8-6-14/h2-8H,9-13H2,1H3,(H,20,24). The van der Waals surface area contributed by atoms with Gasteiger partial charge in [0, 0.05) is 45.1 Å². The Labute approximate surface area is 146 Å². The van der Waals surface area contributed by atoms with E-state index in [0.717, 1.165) is 18.7 Å². The predicted molar refractivity (Wildman–Crippen MR) is 93.0 cm³/mol. The smallest absolute Gasteiger partial charge is 0.272 e. The van der Waals surface area contributed by atoms with E-state index in [-0.39, 0.29) is 17.5 Å². The molecule has 2 aromatic rings. The first-order chi connectivity index (χ1) is 12.1. The van der Waals surface area contributed by atoms with Gasteiger partial charge < -0.3 is 15.1 Å². The molecule has 0 spiro atoms. The van der Waals surface area contributed by atoms with Gasteiger partial charge in [-0.2, -0.15) is 0 Å². The van der Waals surface area contributed by atoms with E-state index in [2.05, 4.69) is 20.2 Å². The SMILES string of the molecule is CN1CCN(C(=O)c2cccc(C(=O)NCc3ccncc3)n2)CC1. The number of rotatable bonds is 4. The van der Waals surface area contributed by atoms with Crippen LogP contribution in [0, 0.1) is 0 Å². The molecule has 7 heteroatoms. The van der Waals surface area contributed by atoms with Crippen LogP contribution in [0.4, 0.5) is 0 Å². The van der Waals surface area contributed by atoms with Crippen LogP contribution in [-0.4, -0.2) is 64.8 Å². The maximum absolute atomic E-state index is 12.6. The van der Waals surface area contributed by atoms with E-state index in [4.69, 9.17) is 0 Å². The number of aromatic nitrogens is 2. The lowest BCUT2D eigenvalue weighted by Crippen LogP contribution is -2.47. The molecule has 0 aliphatic carbocycles. The Bertz CT molecular complexity index is 742. The summed E-state index contributed by atoms with van der Waals surface area (Å²) in [5, 5.41) is 2.81. The highest BCUT2D eigenvalue weighted by molar-refractivity contribution is 5.96. The van der Waals surface area contributed by atoms with E-state index in [0.29, 0.717) is 25.3 Å². The third kappa shape index (κ3) is 4.39. The molecule has 0 aromatic carbocycles. The molecule has 1 saturated heterocycles. The molecule has 1 N–H and O–H groups in total. The quantitative estimate of drug-likeness (QED) is 0.891. The van der Waals surface area contributed by atoms with Gasteiger partial charge in [-0.1, -0.05) is 6.07 Å². The lowest BCUT2D eigenvalue weighted by molar-refractivity contribution is 0.0658. The van der Waals surface area contributed by atoms with Gasteiger partial charge in [-0.3, -0.25) is 14.6 Å². The molecular formula is C18H21N5O2. The highest BCUT2D eigenvalue weighted by Gasteiger charge is 2.22. The monoisotopic (exact) mass is 339 g/mol. The molecule has 1 fully saturated rings. The number of hydrogen-bond donors (Lipinski definition) is 1. The van der Waals surface area contributed by atoms with Crippen molar-refractivity contribution in [1.29, 1.82) is 0 Å². The second-order valence-corrected chi connectivity index (χ2v) is 6.04. The molecule has 3 heterocycles. The fourth-order valence-corrected chi connectivity index (χ4v) is 2.63. The van der Waals surface area contributed by atoms with Crippen molar-refractivity contribution in [3.05, 3.63) is 59.7 Å². The van der Waals surface area contributed by atoms with Crippen molar-refractivity contribution >= 4 is 11.8 Å². The minimum absolute atomic E-state index is 0.128. The van der Waals surface area contributed by atoms with Gasteiger partial charge in [0.05, 0.1) is 0 Å². The second kappa shape index (κ2) is 7.85. The zero-order valence-electron chi connectivity index (χ0n) is 14.2. The third-order valence-corrected chi connectivity index (χ3v) is 4.19. The molecule has 0 unspecified atom stereocenters. The molecule has 1 aliphatic heterocycles. The molecule has 3 rings (SSSR count). The van der Waals surface area contributed by atoms with Gasteiger partial charge in [0.25, 0.3) is 11.8 Å². The van der Waals surface area contributed by atoms with Crippen LogP contribution >= 0.6 is 0 Å². The molecule has 25 heavy (non-hydrogen) atoms. The van der Waals surface area contributed by atoms with E-state index in [1.807, 2.05) is 19.2 Å². The summed E-state index contributed by atoms with van der Waals surface area (Å²) in [7, 11) is 2.04. The largest absolute Gasteiger partial charge is 0.347 e. The van der Waals surface area contributed by atoms with Crippen LogP contribution in [0.1, 0.15) is 26.5 Å². The third-order valence-electron chi connectivity index (χ3n) is 4.19. The van der Waals surface area contributed by atoms with Gasteiger partial charge in [0.15, 0.2) is 0 Å². The van der Waals surface area contributed by atoms with Gasteiger partial charge in [-0.15, -0.1) is 0 Å². The summed E-state index contributed by atoms with van der Waals surface area (Å²) in [6.07, 6.45) is 3.35. The highest BCUT2D eigenvalue weighted by atomic mass is 16.2. The zero-order chi connectivity index (χ0) is 17.6. The van der Waals surface area contributed by atoms with E-state index in [1.165, 1.54) is 0 Å². The number of amides is 2. The van der Waals surface area contributed by atoms with Crippen molar-refractivity contribution in [3.63, 3.8) is 0 Å². The van der Waals surface area contributed by atoms with Gasteiger partial charge in [0.1, 0.15) is 11.4 Å². The summed E-state index contributed by atoms with van der Waals surface area (Å²) >= 11 is 0. The fraction of sp³-hybridized carbons (Fsp3) is 0.333. The highest BCUT2D eigenvalue weighted by Crippen LogP contribution is 2.08. The summed E-state index contributed by atoms with van der Waals surface area (Å²) in [4.78, 5) is 37.0. The van der Waals surface area contributed by atoms with Gasteiger partial charge in [-0.05, 0) is 36.9 Å². The average molecular weight is 339 g/mol. The zero-order valence-corrected chi connectivity index (χ0v) is 14.2. The lowest BCUT2D eigenvalue weighted by Gasteiger charge is -2.32. The predicted octanol–water partition coefficient (Wildman–Crippen LogP) is 0.794. The molecule has 0 atom stereocenters. The van der Waals surface area contributed by atoms with Crippen LogP contribution in [0.25, 0.3) is 0 Å². The summed E-state index contributed by atoms with van der Waals surface area (Å²) < 4.78 is 0. The Kier molecular flexibility index (Phi) is 5.35. The first-order valence-corrected chi connectivity index (χ1v) is 8.25. The van der Waals surface area contributed by atoms with E-state index >= 15 is 0 Å².